The standard InChI is InChI=1S/C17H14Cl2F4N2O3S/c1-29(27,28)25(8-10-2-4-13(18)14(19)6-10)9-16(26)24-11-3-5-15(20)12(7-11)17(21,22)23/h2-7H,8-9H2,1H3,(H,24,26). The van der Waals surface area contributed by atoms with Crippen LogP contribution in [0.15, 0.2) is 36.4 Å². The van der Waals surface area contributed by atoms with E-state index >= 15 is 0 Å². The highest BCUT2D eigenvalue weighted by Gasteiger charge is 2.34. The van der Waals surface area contributed by atoms with E-state index in [9.17, 15) is 30.8 Å². The number of alkyl halides is 3. The molecule has 5 nitrogen and oxygen atoms in total. The number of sulfonamides is 1. The third-order valence-corrected chi connectivity index (χ3v) is 5.62. The van der Waals surface area contributed by atoms with Gasteiger partial charge in [0, 0.05) is 12.2 Å². The molecule has 0 unspecified atom stereocenters. The Labute approximate surface area is 174 Å². The lowest BCUT2D eigenvalue weighted by Crippen LogP contribution is -2.37. The van der Waals surface area contributed by atoms with E-state index in [1.165, 1.54) is 18.2 Å². The molecule has 2 aromatic carbocycles. The summed E-state index contributed by atoms with van der Waals surface area (Å²) in [5.74, 6) is -2.40. The van der Waals surface area contributed by atoms with Gasteiger partial charge in [-0.2, -0.15) is 17.5 Å². The van der Waals surface area contributed by atoms with E-state index in [-0.39, 0.29) is 22.3 Å². The van der Waals surface area contributed by atoms with Crippen LogP contribution < -0.4 is 5.32 Å². The first-order valence-corrected chi connectivity index (χ1v) is 10.4. The van der Waals surface area contributed by atoms with Crippen LogP contribution >= 0.6 is 23.2 Å². The maximum Gasteiger partial charge on any atom is 0.419 e. The normalized spacial score (nSPS) is 12.3. The van der Waals surface area contributed by atoms with Gasteiger partial charge in [-0.05, 0) is 35.9 Å². The molecule has 12 heteroatoms. The number of nitrogens with zero attached hydrogens (tertiary/aromatic N) is 1. The van der Waals surface area contributed by atoms with Crippen molar-refractivity contribution in [3.63, 3.8) is 0 Å². The third kappa shape index (κ3) is 6.56. The van der Waals surface area contributed by atoms with Gasteiger partial charge in [0.25, 0.3) is 0 Å². The number of halogens is 6. The number of anilines is 1. The van der Waals surface area contributed by atoms with Crippen molar-refractivity contribution < 1.29 is 30.8 Å². The molecular weight excluding hydrogens is 459 g/mol. The minimum atomic E-state index is -4.95. The van der Waals surface area contributed by atoms with Gasteiger partial charge in [0.2, 0.25) is 15.9 Å². The molecule has 0 saturated heterocycles. The maximum atomic E-state index is 13.3. The van der Waals surface area contributed by atoms with Gasteiger partial charge >= 0.3 is 6.18 Å². The fourth-order valence-electron chi connectivity index (χ4n) is 2.31. The van der Waals surface area contributed by atoms with E-state index in [2.05, 4.69) is 5.32 Å². The molecule has 0 heterocycles. The van der Waals surface area contributed by atoms with Gasteiger partial charge in [0.1, 0.15) is 5.82 Å². The quantitative estimate of drug-likeness (QED) is 0.627. The average molecular weight is 473 g/mol. The first-order chi connectivity index (χ1) is 13.3. The van der Waals surface area contributed by atoms with Crippen LogP contribution in [-0.2, 0) is 27.5 Å². The molecular formula is C17H14Cl2F4N2O3S. The first kappa shape index (κ1) is 23.4. The fourth-order valence-corrected chi connectivity index (χ4v) is 3.37. The molecule has 29 heavy (non-hydrogen) atoms. The van der Waals surface area contributed by atoms with Gasteiger partial charge < -0.3 is 5.32 Å². The molecule has 0 saturated carbocycles. The van der Waals surface area contributed by atoms with E-state index in [4.69, 9.17) is 23.2 Å². The first-order valence-electron chi connectivity index (χ1n) is 7.83. The average Bonchev–Trinajstić information content (AvgIpc) is 2.57. The van der Waals surface area contributed by atoms with Crippen LogP contribution in [0.3, 0.4) is 0 Å². The Bertz CT molecular complexity index is 1030. The monoisotopic (exact) mass is 472 g/mol. The second-order valence-electron chi connectivity index (χ2n) is 6.02. The molecule has 2 aromatic rings. The minimum Gasteiger partial charge on any atom is -0.325 e. The van der Waals surface area contributed by atoms with Gasteiger partial charge in [0.05, 0.1) is 28.4 Å². The SMILES string of the molecule is CS(=O)(=O)N(CC(=O)Nc1ccc(F)c(C(F)(F)F)c1)Cc1ccc(Cl)c(Cl)c1. The lowest BCUT2D eigenvalue weighted by Gasteiger charge is -2.20. The Hall–Kier alpha value is -1.88. The number of amides is 1. The van der Waals surface area contributed by atoms with Crippen LogP contribution in [0.5, 0.6) is 0 Å². The molecule has 0 atom stereocenters. The topological polar surface area (TPSA) is 66.5 Å². The summed E-state index contributed by atoms with van der Waals surface area (Å²) in [6.07, 6.45) is -4.07. The molecule has 0 aliphatic rings. The van der Waals surface area contributed by atoms with Crippen LogP contribution in [0.25, 0.3) is 0 Å². The summed E-state index contributed by atoms with van der Waals surface area (Å²) >= 11 is 11.7. The van der Waals surface area contributed by atoms with E-state index in [1.807, 2.05) is 0 Å². The van der Waals surface area contributed by atoms with Gasteiger partial charge in [-0.1, -0.05) is 29.3 Å². The largest absolute Gasteiger partial charge is 0.419 e. The highest BCUT2D eigenvalue weighted by Crippen LogP contribution is 2.33. The second-order valence-corrected chi connectivity index (χ2v) is 8.82. The number of nitrogens with one attached hydrogen (secondary N) is 1. The van der Waals surface area contributed by atoms with Crippen molar-refractivity contribution in [1.82, 2.24) is 4.31 Å². The summed E-state index contributed by atoms with van der Waals surface area (Å²) in [5, 5.41) is 2.58. The van der Waals surface area contributed by atoms with Gasteiger partial charge in [-0.25, -0.2) is 12.8 Å². The summed E-state index contributed by atoms with van der Waals surface area (Å²) in [6, 6.07) is 6.32. The number of carbonyl (C=O) groups is 1. The van der Waals surface area contributed by atoms with E-state index in [0.29, 0.717) is 17.7 Å². The zero-order valence-electron chi connectivity index (χ0n) is 14.7. The Morgan fingerprint density at radius 2 is 1.76 bits per heavy atom. The molecule has 0 spiro atoms. The molecule has 0 aliphatic heterocycles. The van der Waals surface area contributed by atoms with Crippen molar-refractivity contribution in [2.24, 2.45) is 0 Å². The Morgan fingerprint density at radius 3 is 2.31 bits per heavy atom. The zero-order chi connectivity index (χ0) is 22.0. The predicted molar refractivity (Wildman–Crippen MR) is 102 cm³/mol. The fraction of sp³-hybridized carbons (Fsp3) is 0.235. The van der Waals surface area contributed by atoms with Crippen molar-refractivity contribution in [2.45, 2.75) is 12.7 Å². The van der Waals surface area contributed by atoms with Crippen molar-refractivity contribution in [3.05, 3.63) is 63.4 Å². The van der Waals surface area contributed by atoms with Gasteiger partial charge in [-0.3, -0.25) is 4.79 Å². The Kier molecular flexibility index (Phi) is 7.15. The summed E-state index contributed by atoms with van der Waals surface area (Å²) in [6.45, 7) is -0.905. The molecule has 1 N–H and O–H groups in total. The van der Waals surface area contributed by atoms with Gasteiger partial charge in [-0.15, -0.1) is 0 Å². The van der Waals surface area contributed by atoms with Crippen LogP contribution in [0.4, 0.5) is 23.2 Å². The van der Waals surface area contributed by atoms with Gasteiger partial charge in [0.15, 0.2) is 0 Å². The molecule has 0 fully saturated rings. The van der Waals surface area contributed by atoms with Crippen LogP contribution in [0.1, 0.15) is 11.1 Å². The van der Waals surface area contributed by atoms with Crippen molar-refractivity contribution >= 4 is 44.8 Å². The minimum absolute atomic E-state index is 0.188. The van der Waals surface area contributed by atoms with Crippen molar-refractivity contribution in [1.29, 1.82) is 0 Å². The van der Waals surface area contributed by atoms with E-state index in [0.717, 1.165) is 16.6 Å². The van der Waals surface area contributed by atoms with Crippen LogP contribution in [-0.4, -0.2) is 31.4 Å². The summed E-state index contributed by atoms with van der Waals surface area (Å²) in [4.78, 5) is 12.2. The molecule has 0 bridgehead atoms. The molecule has 2 rings (SSSR count). The number of rotatable bonds is 6. The molecule has 0 aliphatic carbocycles. The number of carbonyl (C=O) groups excluding carboxylic acids is 1. The second kappa shape index (κ2) is 8.86. The summed E-state index contributed by atoms with van der Waals surface area (Å²) < 4.78 is 76.4. The highest BCUT2D eigenvalue weighted by molar-refractivity contribution is 7.88. The van der Waals surface area contributed by atoms with Crippen LogP contribution in [0.2, 0.25) is 10.0 Å². The number of benzene rings is 2. The van der Waals surface area contributed by atoms with E-state index in [1.54, 1.807) is 0 Å². The zero-order valence-corrected chi connectivity index (χ0v) is 17.1. The smallest absolute Gasteiger partial charge is 0.325 e. The highest BCUT2D eigenvalue weighted by atomic mass is 35.5. The Morgan fingerprint density at radius 1 is 1.10 bits per heavy atom. The summed E-state index contributed by atoms with van der Waals surface area (Å²) in [5.41, 5.74) is -1.43. The van der Waals surface area contributed by atoms with Crippen LogP contribution in [0, 0.1) is 5.82 Å². The lowest BCUT2D eigenvalue weighted by atomic mass is 10.2. The van der Waals surface area contributed by atoms with Crippen molar-refractivity contribution in [3.8, 4) is 0 Å². The molecule has 0 radical (unpaired) electrons. The number of hydrogen-bond acceptors (Lipinski definition) is 3. The van der Waals surface area contributed by atoms with E-state index < -0.39 is 40.0 Å². The summed E-state index contributed by atoms with van der Waals surface area (Å²) in [7, 11) is -3.86. The third-order valence-electron chi connectivity index (χ3n) is 3.69. The van der Waals surface area contributed by atoms with Crippen molar-refractivity contribution in [2.75, 3.05) is 18.1 Å². The number of hydrogen-bond donors (Lipinski definition) is 1. The molecule has 1 amide bonds. The maximum absolute atomic E-state index is 13.3. The molecule has 0 aromatic heterocycles. The predicted octanol–water partition coefficient (Wildman–Crippen LogP) is 4.55. The Balaban J connectivity index is 2.18. The lowest BCUT2D eigenvalue weighted by molar-refractivity contribution is -0.140. The molecule has 158 valence electrons.